The SMILES string of the molecule is CN(C)c1nc(N)nc(COC(=O)c2sc3cccc(F)c3c2COc2ccccc2)n1. The van der Waals surface area contributed by atoms with Crippen molar-refractivity contribution in [2.75, 3.05) is 24.7 Å². The summed E-state index contributed by atoms with van der Waals surface area (Å²) < 4.78 is 26.5. The van der Waals surface area contributed by atoms with Gasteiger partial charge in [0, 0.05) is 29.7 Å². The smallest absolute Gasteiger partial charge is 0.349 e. The molecule has 0 aliphatic carbocycles. The molecule has 2 aromatic heterocycles. The first-order chi connectivity index (χ1) is 15.4. The molecule has 0 fully saturated rings. The number of esters is 1. The van der Waals surface area contributed by atoms with Gasteiger partial charge in [-0.25, -0.2) is 9.18 Å². The van der Waals surface area contributed by atoms with E-state index in [1.54, 1.807) is 43.3 Å². The van der Waals surface area contributed by atoms with Crippen LogP contribution in [0.5, 0.6) is 5.75 Å². The summed E-state index contributed by atoms with van der Waals surface area (Å²) in [6.07, 6.45) is 0. The van der Waals surface area contributed by atoms with E-state index >= 15 is 0 Å². The summed E-state index contributed by atoms with van der Waals surface area (Å²) in [5.74, 6) is 0.149. The lowest BCUT2D eigenvalue weighted by Gasteiger charge is -2.11. The Labute approximate surface area is 187 Å². The van der Waals surface area contributed by atoms with E-state index in [-0.39, 0.29) is 29.9 Å². The van der Waals surface area contributed by atoms with E-state index in [1.807, 2.05) is 18.2 Å². The molecule has 8 nitrogen and oxygen atoms in total. The first-order valence-electron chi connectivity index (χ1n) is 9.65. The number of hydrogen-bond donors (Lipinski definition) is 1. The summed E-state index contributed by atoms with van der Waals surface area (Å²) in [6.45, 7) is -0.193. The second-order valence-electron chi connectivity index (χ2n) is 7.00. The third-order valence-electron chi connectivity index (χ3n) is 4.49. The molecule has 0 saturated heterocycles. The average Bonchev–Trinajstić information content (AvgIpc) is 3.16. The molecule has 0 atom stereocenters. The number of aromatic nitrogens is 3. The van der Waals surface area contributed by atoms with Crippen molar-refractivity contribution in [3.63, 3.8) is 0 Å². The van der Waals surface area contributed by atoms with Crippen LogP contribution in [0, 0.1) is 5.82 Å². The lowest BCUT2D eigenvalue weighted by atomic mass is 10.1. The summed E-state index contributed by atoms with van der Waals surface area (Å²) in [6, 6.07) is 13.8. The number of hydrogen-bond acceptors (Lipinski definition) is 9. The minimum absolute atomic E-state index is 0.0128. The lowest BCUT2D eigenvalue weighted by Crippen LogP contribution is -2.17. The quantitative estimate of drug-likeness (QED) is 0.422. The van der Waals surface area contributed by atoms with Crippen LogP contribution in [0.1, 0.15) is 21.1 Å². The van der Waals surface area contributed by atoms with Gasteiger partial charge in [0.1, 0.15) is 23.1 Å². The highest BCUT2D eigenvalue weighted by Gasteiger charge is 2.23. The number of benzene rings is 2. The Morgan fingerprint density at radius 1 is 1.06 bits per heavy atom. The zero-order valence-electron chi connectivity index (χ0n) is 17.4. The summed E-state index contributed by atoms with van der Waals surface area (Å²) in [5, 5.41) is 0.347. The lowest BCUT2D eigenvalue weighted by molar-refractivity contribution is 0.0465. The van der Waals surface area contributed by atoms with Crippen molar-refractivity contribution in [1.29, 1.82) is 0 Å². The van der Waals surface area contributed by atoms with Crippen LogP contribution in [0.4, 0.5) is 16.3 Å². The maximum Gasteiger partial charge on any atom is 0.349 e. The predicted molar refractivity (Wildman–Crippen MR) is 120 cm³/mol. The van der Waals surface area contributed by atoms with Crippen LogP contribution in [-0.4, -0.2) is 35.0 Å². The van der Waals surface area contributed by atoms with Crippen molar-refractivity contribution in [2.45, 2.75) is 13.2 Å². The van der Waals surface area contributed by atoms with Crippen LogP contribution in [0.3, 0.4) is 0 Å². The van der Waals surface area contributed by atoms with Gasteiger partial charge in [-0.15, -0.1) is 11.3 Å². The van der Waals surface area contributed by atoms with Crippen LogP contribution in [0.2, 0.25) is 0 Å². The maximum atomic E-state index is 14.6. The van der Waals surface area contributed by atoms with Gasteiger partial charge in [-0.2, -0.15) is 15.0 Å². The Bertz CT molecular complexity index is 1260. The topological polar surface area (TPSA) is 103 Å². The van der Waals surface area contributed by atoms with Gasteiger partial charge in [-0.05, 0) is 24.3 Å². The Balaban J connectivity index is 1.60. The molecule has 0 aliphatic rings. The molecule has 10 heteroatoms. The van der Waals surface area contributed by atoms with Crippen molar-refractivity contribution in [3.05, 3.63) is 70.6 Å². The van der Waals surface area contributed by atoms with Gasteiger partial charge in [0.05, 0.1) is 0 Å². The van der Waals surface area contributed by atoms with Gasteiger partial charge in [0.15, 0.2) is 12.4 Å². The molecule has 164 valence electrons. The summed E-state index contributed by atoms with van der Waals surface area (Å²) in [7, 11) is 3.52. The first-order valence-corrected chi connectivity index (χ1v) is 10.5. The fourth-order valence-corrected chi connectivity index (χ4v) is 4.14. The first kappa shape index (κ1) is 21.4. The van der Waals surface area contributed by atoms with Gasteiger partial charge in [0.25, 0.3) is 0 Å². The number of thiophene rings is 1. The van der Waals surface area contributed by atoms with Crippen molar-refractivity contribution in [2.24, 2.45) is 0 Å². The number of nitrogens with two attached hydrogens (primary N) is 1. The fraction of sp³-hybridized carbons (Fsp3) is 0.182. The van der Waals surface area contributed by atoms with Gasteiger partial charge in [-0.3, -0.25) is 0 Å². The second kappa shape index (κ2) is 9.15. The number of anilines is 2. The van der Waals surface area contributed by atoms with E-state index in [9.17, 15) is 9.18 Å². The molecule has 2 heterocycles. The molecule has 0 amide bonds. The van der Waals surface area contributed by atoms with Crippen LogP contribution in [0.15, 0.2) is 48.5 Å². The van der Waals surface area contributed by atoms with Gasteiger partial charge < -0.3 is 20.1 Å². The van der Waals surface area contributed by atoms with E-state index in [0.717, 1.165) is 11.3 Å². The molecule has 2 aromatic carbocycles. The second-order valence-corrected chi connectivity index (χ2v) is 8.06. The number of para-hydroxylation sites is 1. The monoisotopic (exact) mass is 453 g/mol. The van der Waals surface area contributed by atoms with Crippen molar-refractivity contribution in [1.82, 2.24) is 15.0 Å². The number of carbonyl (C=O) groups is 1. The highest BCUT2D eigenvalue weighted by Crippen LogP contribution is 2.34. The third-order valence-corrected chi connectivity index (χ3v) is 5.67. The van der Waals surface area contributed by atoms with Gasteiger partial charge in [0.2, 0.25) is 11.9 Å². The maximum absolute atomic E-state index is 14.6. The van der Waals surface area contributed by atoms with Gasteiger partial charge >= 0.3 is 5.97 Å². The Kier molecular flexibility index (Phi) is 6.13. The Morgan fingerprint density at radius 3 is 2.59 bits per heavy atom. The third kappa shape index (κ3) is 4.59. The zero-order valence-corrected chi connectivity index (χ0v) is 18.2. The average molecular weight is 453 g/mol. The Hall–Kier alpha value is -3.79. The number of halogens is 1. The van der Waals surface area contributed by atoms with E-state index in [0.29, 0.717) is 27.3 Å². The van der Waals surface area contributed by atoms with E-state index in [4.69, 9.17) is 15.2 Å². The summed E-state index contributed by atoms with van der Waals surface area (Å²) >= 11 is 1.15. The number of nitrogens with zero attached hydrogens (tertiary/aromatic N) is 4. The molecule has 0 saturated carbocycles. The minimum Gasteiger partial charge on any atom is -0.489 e. The van der Waals surface area contributed by atoms with E-state index in [1.165, 1.54) is 6.07 Å². The molecule has 0 aliphatic heterocycles. The molecule has 0 spiro atoms. The number of ether oxygens (including phenoxy) is 2. The number of carbonyl (C=O) groups excluding carboxylic acids is 1. The highest BCUT2D eigenvalue weighted by molar-refractivity contribution is 7.21. The van der Waals surface area contributed by atoms with E-state index in [2.05, 4.69) is 15.0 Å². The molecule has 0 radical (unpaired) electrons. The van der Waals surface area contributed by atoms with Crippen LogP contribution in [0.25, 0.3) is 10.1 Å². The van der Waals surface area contributed by atoms with Crippen LogP contribution < -0.4 is 15.4 Å². The highest BCUT2D eigenvalue weighted by atomic mass is 32.1. The number of fused-ring (bicyclic) bond motifs is 1. The molecular formula is C22H20FN5O3S. The van der Waals surface area contributed by atoms with Crippen molar-refractivity contribution >= 4 is 39.3 Å². The molecule has 2 N–H and O–H groups in total. The zero-order chi connectivity index (χ0) is 22.7. The minimum atomic E-state index is -0.623. The number of nitrogen functional groups attached to an aromatic ring is 1. The fourth-order valence-electron chi connectivity index (χ4n) is 3.03. The Morgan fingerprint density at radius 2 is 1.84 bits per heavy atom. The van der Waals surface area contributed by atoms with Crippen molar-refractivity contribution in [3.8, 4) is 5.75 Å². The molecule has 32 heavy (non-hydrogen) atoms. The molecular weight excluding hydrogens is 433 g/mol. The van der Waals surface area contributed by atoms with Crippen LogP contribution >= 0.6 is 11.3 Å². The van der Waals surface area contributed by atoms with E-state index < -0.39 is 11.8 Å². The normalized spacial score (nSPS) is 10.8. The van der Waals surface area contributed by atoms with Crippen molar-refractivity contribution < 1.29 is 18.7 Å². The molecule has 0 unspecified atom stereocenters. The predicted octanol–water partition coefficient (Wildman–Crippen LogP) is 3.81. The van der Waals surface area contributed by atoms with Crippen LogP contribution in [-0.2, 0) is 18.0 Å². The van der Waals surface area contributed by atoms with Gasteiger partial charge in [-0.1, -0.05) is 24.3 Å². The molecule has 0 bridgehead atoms. The number of rotatable bonds is 7. The summed E-state index contributed by atoms with van der Waals surface area (Å²) in [4.78, 5) is 27.1. The molecule has 4 aromatic rings. The molecule has 4 rings (SSSR count). The summed E-state index contributed by atoms with van der Waals surface area (Å²) in [5.41, 5.74) is 6.15. The standard InChI is InChI=1S/C22H20FN5O3S/c1-28(2)22-26-17(25-21(24)27-22)12-31-20(29)19-14(11-30-13-7-4-3-5-8-13)18-15(23)9-6-10-16(18)32-19/h3-10H,11-12H2,1-2H3,(H2,24,25,26,27). The largest absolute Gasteiger partial charge is 0.489 e.